The van der Waals surface area contributed by atoms with E-state index in [2.05, 4.69) is 37.6 Å². The zero-order valence-electron chi connectivity index (χ0n) is 10.3. The van der Waals surface area contributed by atoms with Gasteiger partial charge >= 0.3 is 0 Å². The molecular weight excluding hydrogens is 184 g/mol. The van der Waals surface area contributed by atoms with Crippen molar-refractivity contribution < 1.29 is 5.11 Å². The first-order valence-electron chi connectivity index (χ1n) is 6.12. The SMILES string of the molecule is CC.CC(CCO)CCC1[CH]C=CC=C1. The predicted octanol–water partition coefficient (Wildman–Crippen LogP) is 3.76. The van der Waals surface area contributed by atoms with Crippen molar-refractivity contribution in [2.24, 2.45) is 11.8 Å². The van der Waals surface area contributed by atoms with Gasteiger partial charge in [0, 0.05) is 6.61 Å². The summed E-state index contributed by atoms with van der Waals surface area (Å²) in [6, 6.07) is 0. The van der Waals surface area contributed by atoms with Gasteiger partial charge in [0.25, 0.3) is 0 Å². The van der Waals surface area contributed by atoms with Crippen molar-refractivity contribution in [1.29, 1.82) is 0 Å². The highest BCUT2D eigenvalue weighted by molar-refractivity contribution is 5.18. The van der Waals surface area contributed by atoms with Crippen molar-refractivity contribution in [3.63, 3.8) is 0 Å². The fourth-order valence-corrected chi connectivity index (χ4v) is 1.58. The molecule has 2 unspecified atom stereocenters. The lowest BCUT2D eigenvalue weighted by atomic mass is 9.91. The Balaban J connectivity index is 0.000000921. The molecule has 0 aliphatic heterocycles. The van der Waals surface area contributed by atoms with E-state index in [1.165, 1.54) is 12.8 Å². The summed E-state index contributed by atoms with van der Waals surface area (Å²) in [4.78, 5) is 0. The highest BCUT2D eigenvalue weighted by Crippen LogP contribution is 2.20. The third-order valence-corrected chi connectivity index (χ3v) is 2.55. The normalized spacial score (nSPS) is 20.7. The van der Waals surface area contributed by atoms with Crippen molar-refractivity contribution in [1.82, 2.24) is 0 Å². The van der Waals surface area contributed by atoms with E-state index in [1.807, 2.05) is 13.8 Å². The summed E-state index contributed by atoms with van der Waals surface area (Å²) in [6.45, 7) is 6.53. The van der Waals surface area contributed by atoms with Crippen molar-refractivity contribution in [3.05, 3.63) is 30.7 Å². The average Bonchev–Trinajstić information content (AvgIpc) is 2.31. The largest absolute Gasteiger partial charge is 0.396 e. The topological polar surface area (TPSA) is 20.2 Å². The molecule has 0 aromatic heterocycles. The number of aliphatic hydroxyl groups excluding tert-OH is 1. The van der Waals surface area contributed by atoms with E-state index in [0.29, 0.717) is 18.4 Å². The highest BCUT2D eigenvalue weighted by Gasteiger charge is 2.08. The van der Waals surface area contributed by atoms with Gasteiger partial charge in [-0.05, 0) is 31.1 Å². The zero-order chi connectivity index (χ0) is 11.5. The monoisotopic (exact) mass is 209 g/mol. The molecule has 1 heteroatoms. The van der Waals surface area contributed by atoms with Crippen LogP contribution in [0.25, 0.3) is 0 Å². The molecule has 1 radical (unpaired) electrons. The lowest BCUT2D eigenvalue weighted by Gasteiger charge is -2.15. The Hall–Kier alpha value is -0.560. The fourth-order valence-electron chi connectivity index (χ4n) is 1.58. The van der Waals surface area contributed by atoms with Gasteiger partial charge in [-0.3, -0.25) is 0 Å². The van der Waals surface area contributed by atoms with Gasteiger partial charge in [-0.15, -0.1) is 0 Å². The molecule has 15 heavy (non-hydrogen) atoms. The molecule has 1 nitrogen and oxygen atoms in total. The van der Waals surface area contributed by atoms with Gasteiger partial charge in [-0.2, -0.15) is 0 Å². The number of aliphatic hydroxyl groups is 1. The molecule has 0 fully saturated rings. The van der Waals surface area contributed by atoms with Crippen LogP contribution in [0.3, 0.4) is 0 Å². The van der Waals surface area contributed by atoms with Crippen molar-refractivity contribution >= 4 is 0 Å². The molecule has 1 rings (SSSR count). The van der Waals surface area contributed by atoms with E-state index >= 15 is 0 Å². The third-order valence-electron chi connectivity index (χ3n) is 2.55. The van der Waals surface area contributed by atoms with Gasteiger partial charge in [-0.25, -0.2) is 0 Å². The van der Waals surface area contributed by atoms with Gasteiger partial charge in [-0.1, -0.05) is 51.5 Å². The summed E-state index contributed by atoms with van der Waals surface area (Å²) in [5.41, 5.74) is 0. The Morgan fingerprint density at radius 2 is 1.87 bits per heavy atom. The second kappa shape index (κ2) is 9.97. The molecule has 1 aliphatic carbocycles. The van der Waals surface area contributed by atoms with Crippen LogP contribution < -0.4 is 0 Å². The minimum Gasteiger partial charge on any atom is -0.396 e. The molecule has 0 amide bonds. The molecule has 87 valence electrons. The van der Waals surface area contributed by atoms with E-state index in [0.717, 1.165) is 6.42 Å². The molecule has 0 bridgehead atoms. The summed E-state index contributed by atoms with van der Waals surface area (Å²) in [6.07, 6.45) is 14.1. The number of rotatable bonds is 5. The van der Waals surface area contributed by atoms with Crippen LogP contribution in [0.4, 0.5) is 0 Å². The molecule has 1 aliphatic rings. The standard InChI is InChI=1S/C12H19O.C2H6/c1-11(9-10-13)7-8-12-5-3-2-4-6-12;1-2/h2-6,11-13H,7-10H2,1H3;1-2H3. The summed E-state index contributed by atoms with van der Waals surface area (Å²) in [5, 5.41) is 8.74. The van der Waals surface area contributed by atoms with Crippen LogP contribution in [-0.2, 0) is 0 Å². The highest BCUT2D eigenvalue weighted by atomic mass is 16.3. The molecule has 1 N–H and O–H groups in total. The molecule has 0 saturated carbocycles. The molecule has 0 heterocycles. The van der Waals surface area contributed by atoms with Crippen LogP contribution in [0.15, 0.2) is 24.3 Å². The van der Waals surface area contributed by atoms with Crippen molar-refractivity contribution in [3.8, 4) is 0 Å². The van der Waals surface area contributed by atoms with Crippen LogP contribution in [0, 0.1) is 18.3 Å². The van der Waals surface area contributed by atoms with E-state index in [-0.39, 0.29) is 0 Å². The van der Waals surface area contributed by atoms with Gasteiger partial charge < -0.3 is 5.11 Å². The average molecular weight is 209 g/mol. The lowest BCUT2D eigenvalue weighted by molar-refractivity contribution is 0.255. The Morgan fingerprint density at radius 1 is 1.13 bits per heavy atom. The van der Waals surface area contributed by atoms with Crippen LogP contribution in [-0.4, -0.2) is 11.7 Å². The summed E-state index contributed by atoms with van der Waals surface area (Å²) < 4.78 is 0. The van der Waals surface area contributed by atoms with Gasteiger partial charge in [0.1, 0.15) is 0 Å². The van der Waals surface area contributed by atoms with E-state index in [4.69, 9.17) is 5.11 Å². The molecular formula is C14H25O. The number of hydrogen-bond donors (Lipinski definition) is 1. The molecule has 0 aromatic rings. The smallest absolute Gasteiger partial charge is 0.0433 e. The minimum atomic E-state index is 0.325. The Labute approximate surface area is 94.9 Å². The third kappa shape index (κ3) is 7.38. The first-order chi connectivity index (χ1) is 7.33. The number of allylic oxidation sites excluding steroid dienone is 4. The Morgan fingerprint density at radius 3 is 2.40 bits per heavy atom. The maximum Gasteiger partial charge on any atom is 0.0433 e. The van der Waals surface area contributed by atoms with Gasteiger partial charge in [0.2, 0.25) is 0 Å². The second-order valence-corrected chi connectivity index (χ2v) is 3.82. The van der Waals surface area contributed by atoms with Gasteiger partial charge in [0.15, 0.2) is 0 Å². The second-order valence-electron chi connectivity index (χ2n) is 3.82. The summed E-state index contributed by atoms with van der Waals surface area (Å²) in [7, 11) is 0. The van der Waals surface area contributed by atoms with E-state index in [9.17, 15) is 0 Å². The maximum absolute atomic E-state index is 8.74. The van der Waals surface area contributed by atoms with Crippen LogP contribution in [0.1, 0.15) is 40.0 Å². The fraction of sp³-hybridized carbons (Fsp3) is 0.643. The van der Waals surface area contributed by atoms with Gasteiger partial charge in [0.05, 0.1) is 0 Å². The molecule has 2 atom stereocenters. The van der Waals surface area contributed by atoms with E-state index < -0.39 is 0 Å². The number of hydrogen-bond acceptors (Lipinski definition) is 1. The lowest BCUT2D eigenvalue weighted by Crippen LogP contribution is -2.04. The Bertz CT molecular complexity index is 182. The Kier molecular flexibility index (Phi) is 9.60. The molecule has 0 aromatic carbocycles. The first kappa shape index (κ1) is 14.4. The first-order valence-corrected chi connectivity index (χ1v) is 6.12. The predicted molar refractivity (Wildman–Crippen MR) is 67.5 cm³/mol. The van der Waals surface area contributed by atoms with Crippen LogP contribution in [0.5, 0.6) is 0 Å². The minimum absolute atomic E-state index is 0.325. The quantitative estimate of drug-likeness (QED) is 0.731. The van der Waals surface area contributed by atoms with E-state index in [1.54, 1.807) is 0 Å². The molecule has 0 spiro atoms. The van der Waals surface area contributed by atoms with Crippen LogP contribution in [0.2, 0.25) is 0 Å². The van der Waals surface area contributed by atoms with Crippen molar-refractivity contribution in [2.45, 2.75) is 40.0 Å². The van der Waals surface area contributed by atoms with Crippen molar-refractivity contribution in [2.75, 3.05) is 6.61 Å². The zero-order valence-corrected chi connectivity index (χ0v) is 10.3. The van der Waals surface area contributed by atoms with Crippen LogP contribution >= 0.6 is 0 Å². The summed E-state index contributed by atoms with van der Waals surface area (Å²) in [5.74, 6) is 1.27. The molecule has 0 saturated heterocycles. The summed E-state index contributed by atoms with van der Waals surface area (Å²) >= 11 is 0. The maximum atomic E-state index is 8.74.